The molecule has 2 aromatic rings. The Labute approximate surface area is 162 Å². The number of aromatic nitrogens is 2. The topological polar surface area (TPSA) is 78.7 Å². The molecule has 1 N–H and O–H groups in total. The van der Waals surface area contributed by atoms with E-state index in [2.05, 4.69) is 21.6 Å². The lowest BCUT2D eigenvalue weighted by atomic mass is 9.82. The van der Waals surface area contributed by atoms with Gasteiger partial charge in [-0.1, -0.05) is 29.3 Å². The fraction of sp³-hybridized carbons (Fsp3) is 0.368. The Hall–Kier alpha value is -2.16. The molecule has 26 heavy (non-hydrogen) atoms. The minimum atomic E-state index is -0.212. The monoisotopic (exact) mass is 388 g/mol. The molecule has 0 aliphatic heterocycles. The van der Waals surface area contributed by atoms with Gasteiger partial charge in [-0.25, -0.2) is 0 Å². The lowest BCUT2D eigenvalue weighted by Crippen LogP contribution is -2.38. The van der Waals surface area contributed by atoms with Gasteiger partial charge in [0.25, 0.3) is 5.91 Å². The molecule has 0 saturated heterocycles. The van der Waals surface area contributed by atoms with E-state index in [1.807, 2.05) is 12.1 Å². The Kier molecular flexibility index (Phi) is 6.08. The third-order valence-corrected chi connectivity index (χ3v) is 5.24. The molecule has 1 aromatic heterocycles. The van der Waals surface area contributed by atoms with E-state index in [1.54, 1.807) is 18.2 Å². The highest BCUT2D eigenvalue weighted by molar-refractivity contribution is 6.31. The van der Waals surface area contributed by atoms with Gasteiger partial charge in [0.05, 0.1) is 10.6 Å². The first-order chi connectivity index (χ1) is 12.5. The summed E-state index contributed by atoms with van der Waals surface area (Å²) in [6.07, 6.45) is 4.88. The summed E-state index contributed by atoms with van der Waals surface area (Å²) in [6.45, 7) is 0. The SMILES string of the molecule is N#Cc1ccc(C[C@H]2CC[C@H](NC(=O)c3ccc(Cl)nn3)CC2)cc1Cl. The van der Waals surface area contributed by atoms with Gasteiger partial charge in [-0.15, -0.1) is 10.2 Å². The molecule has 1 heterocycles. The average molecular weight is 389 g/mol. The summed E-state index contributed by atoms with van der Waals surface area (Å²) in [6, 6.07) is 11.0. The molecule has 7 heteroatoms. The van der Waals surface area contributed by atoms with Crippen molar-refractivity contribution in [1.82, 2.24) is 15.5 Å². The van der Waals surface area contributed by atoms with E-state index in [9.17, 15) is 4.79 Å². The number of rotatable bonds is 4. The molecular weight excluding hydrogens is 371 g/mol. The number of hydrogen-bond acceptors (Lipinski definition) is 4. The van der Waals surface area contributed by atoms with E-state index in [4.69, 9.17) is 28.5 Å². The van der Waals surface area contributed by atoms with Crippen molar-refractivity contribution in [1.29, 1.82) is 5.26 Å². The van der Waals surface area contributed by atoms with Gasteiger partial charge < -0.3 is 5.32 Å². The Balaban J connectivity index is 1.49. The molecule has 1 aliphatic carbocycles. The number of carbonyl (C=O) groups is 1. The highest BCUT2D eigenvalue weighted by Crippen LogP contribution is 2.29. The number of halogens is 2. The number of carbonyl (C=O) groups excluding carboxylic acids is 1. The summed E-state index contributed by atoms with van der Waals surface area (Å²) in [5.41, 5.74) is 1.94. The summed E-state index contributed by atoms with van der Waals surface area (Å²) in [4.78, 5) is 12.2. The Morgan fingerprint density at radius 3 is 2.54 bits per heavy atom. The minimum Gasteiger partial charge on any atom is -0.348 e. The van der Waals surface area contributed by atoms with Crippen molar-refractivity contribution in [3.05, 3.63) is 57.3 Å². The van der Waals surface area contributed by atoms with Gasteiger partial charge in [0.2, 0.25) is 0 Å². The van der Waals surface area contributed by atoms with Crippen LogP contribution in [0.15, 0.2) is 30.3 Å². The maximum Gasteiger partial charge on any atom is 0.272 e. The standard InChI is InChI=1S/C19H18Cl2N4O/c20-16-10-13(1-4-14(16)11-22)9-12-2-5-15(6-3-12)23-19(26)17-7-8-18(21)25-24-17/h1,4,7-8,10,12,15H,2-3,5-6,9H2,(H,23,26)/t12-,15-. The molecule has 1 saturated carbocycles. The van der Waals surface area contributed by atoms with Crippen molar-refractivity contribution in [3.63, 3.8) is 0 Å². The van der Waals surface area contributed by atoms with Crippen LogP contribution in [0.2, 0.25) is 10.2 Å². The zero-order valence-corrected chi connectivity index (χ0v) is 15.6. The van der Waals surface area contributed by atoms with E-state index in [-0.39, 0.29) is 22.8 Å². The fourth-order valence-corrected chi connectivity index (χ4v) is 3.66. The van der Waals surface area contributed by atoms with Gasteiger partial charge in [-0.05, 0) is 67.9 Å². The Morgan fingerprint density at radius 1 is 1.15 bits per heavy atom. The second-order valence-corrected chi connectivity index (χ2v) is 7.36. The van der Waals surface area contributed by atoms with Crippen LogP contribution in [-0.4, -0.2) is 22.1 Å². The van der Waals surface area contributed by atoms with E-state index in [0.717, 1.165) is 37.7 Å². The van der Waals surface area contributed by atoms with Crippen LogP contribution >= 0.6 is 23.2 Å². The van der Waals surface area contributed by atoms with Crippen LogP contribution in [0.25, 0.3) is 0 Å². The number of amides is 1. The van der Waals surface area contributed by atoms with Gasteiger partial charge in [-0.2, -0.15) is 5.26 Å². The van der Waals surface area contributed by atoms with E-state index >= 15 is 0 Å². The average Bonchev–Trinajstić information content (AvgIpc) is 2.64. The van der Waals surface area contributed by atoms with Crippen LogP contribution in [0.5, 0.6) is 0 Å². The molecular formula is C19H18Cl2N4O. The summed E-state index contributed by atoms with van der Waals surface area (Å²) < 4.78 is 0. The molecule has 0 radical (unpaired) electrons. The Morgan fingerprint density at radius 2 is 1.92 bits per heavy atom. The molecule has 3 rings (SSSR count). The maximum atomic E-state index is 12.2. The zero-order chi connectivity index (χ0) is 18.5. The molecule has 0 atom stereocenters. The normalized spacial score (nSPS) is 19.6. The van der Waals surface area contributed by atoms with Crippen molar-refractivity contribution in [2.24, 2.45) is 5.92 Å². The first-order valence-corrected chi connectivity index (χ1v) is 9.29. The first kappa shape index (κ1) is 18.6. The van der Waals surface area contributed by atoms with Crippen molar-refractivity contribution in [2.45, 2.75) is 38.1 Å². The molecule has 0 unspecified atom stereocenters. The molecule has 1 amide bonds. The largest absolute Gasteiger partial charge is 0.348 e. The summed E-state index contributed by atoms with van der Waals surface area (Å²) in [5, 5.41) is 20.2. The van der Waals surface area contributed by atoms with Crippen LogP contribution < -0.4 is 5.32 Å². The second-order valence-electron chi connectivity index (χ2n) is 6.56. The summed E-state index contributed by atoms with van der Waals surface area (Å²) in [7, 11) is 0. The van der Waals surface area contributed by atoms with Crippen LogP contribution in [-0.2, 0) is 6.42 Å². The third-order valence-electron chi connectivity index (χ3n) is 4.72. The van der Waals surface area contributed by atoms with Gasteiger partial charge in [0, 0.05) is 6.04 Å². The number of nitrogens with one attached hydrogen (secondary N) is 1. The second kappa shape index (κ2) is 8.48. The molecule has 1 aliphatic rings. The molecule has 5 nitrogen and oxygen atoms in total. The zero-order valence-electron chi connectivity index (χ0n) is 14.1. The smallest absolute Gasteiger partial charge is 0.272 e. The third kappa shape index (κ3) is 4.72. The number of nitrogens with zero attached hydrogens (tertiary/aromatic N) is 3. The van der Waals surface area contributed by atoms with E-state index < -0.39 is 0 Å². The Bertz CT molecular complexity index is 824. The fourth-order valence-electron chi connectivity index (χ4n) is 3.32. The van der Waals surface area contributed by atoms with Gasteiger partial charge in [0.15, 0.2) is 10.8 Å². The molecule has 0 spiro atoms. The molecule has 1 fully saturated rings. The minimum absolute atomic E-state index is 0.154. The lowest BCUT2D eigenvalue weighted by molar-refractivity contribution is 0.0915. The van der Waals surface area contributed by atoms with Crippen molar-refractivity contribution in [2.75, 3.05) is 0 Å². The molecule has 0 bridgehead atoms. The van der Waals surface area contributed by atoms with Crippen molar-refractivity contribution < 1.29 is 4.79 Å². The van der Waals surface area contributed by atoms with Crippen LogP contribution in [0.3, 0.4) is 0 Å². The van der Waals surface area contributed by atoms with Crippen LogP contribution in [0.1, 0.15) is 47.3 Å². The number of hydrogen-bond donors (Lipinski definition) is 1. The van der Waals surface area contributed by atoms with Crippen molar-refractivity contribution >= 4 is 29.1 Å². The van der Waals surface area contributed by atoms with E-state index in [0.29, 0.717) is 16.5 Å². The number of nitriles is 1. The highest BCUT2D eigenvalue weighted by Gasteiger charge is 2.23. The highest BCUT2D eigenvalue weighted by atomic mass is 35.5. The van der Waals surface area contributed by atoms with E-state index in [1.165, 1.54) is 0 Å². The maximum absolute atomic E-state index is 12.2. The van der Waals surface area contributed by atoms with Gasteiger partial charge >= 0.3 is 0 Å². The molecule has 1 aromatic carbocycles. The summed E-state index contributed by atoms with van der Waals surface area (Å²) in [5.74, 6) is 0.346. The van der Waals surface area contributed by atoms with Crippen molar-refractivity contribution in [3.8, 4) is 6.07 Å². The van der Waals surface area contributed by atoms with Gasteiger partial charge in [-0.3, -0.25) is 4.79 Å². The summed E-state index contributed by atoms with van der Waals surface area (Å²) >= 11 is 11.8. The predicted molar refractivity (Wildman–Crippen MR) is 100 cm³/mol. The quantitative estimate of drug-likeness (QED) is 0.851. The number of benzene rings is 1. The first-order valence-electron chi connectivity index (χ1n) is 8.54. The molecule has 134 valence electrons. The van der Waals surface area contributed by atoms with Crippen LogP contribution in [0.4, 0.5) is 0 Å². The van der Waals surface area contributed by atoms with Crippen LogP contribution in [0, 0.1) is 17.2 Å². The predicted octanol–water partition coefficient (Wildman–Crippen LogP) is 4.19. The van der Waals surface area contributed by atoms with Gasteiger partial charge in [0.1, 0.15) is 6.07 Å². The lowest BCUT2D eigenvalue weighted by Gasteiger charge is -2.29.